The Morgan fingerprint density at radius 3 is 2.77 bits per heavy atom. The van der Waals surface area contributed by atoms with Gasteiger partial charge in [0.25, 0.3) is 0 Å². The summed E-state index contributed by atoms with van der Waals surface area (Å²) in [4.78, 5) is 13.2. The molecule has 1 atom stereocenters. The van der Waals surface area contributed by atoms with Crippen LogP contribution in [0.2, 0.25) is 0 Å². The molecule has 22 heavy (non-hydrogen) atoms. The zero-order chi connectivity index (χ0) is 15.1. The average Bonchev–Trinajstić information content (AvgIpc) is 3.02. The Hall–Kier alpha value is -1.92. The van der Waals surface area contributed by atoms with E-state index in [1.807, 2.05) is 18.4 Å². The summed E-state index contributed by atoms with van der Waals surface area (Å²) >= 11 is 2.89. The molecule has 0 unspecified atom stereocenters. The van der Waals surface area contributed by atoms with Crippen LogP contribution in [0.3, 0.4) is 0 Å². The van der Waals surface area contributed by atoms with E-state index < -0.39 is 0 Å². The van der Waals surface area contributed by atoms with Gasteiger partial charge in [0.2, 0.25) is 0 Å². The summed E-state index contributed by atoms with van der Waals surface area (Å²) in [5.41, 5.74) is 3.78. The smallest absolute Gasteiger partial charge is 0.312 e. The van der Waals surface area contributed by atoms with E-state index in [2.05, 4.69) is 33.0 Å². The maximum Gasteiger partial charge on any atom is 0.312 e. The van der Waals surface area contributed by atoms with Gasteiger partial charge in [0.15, 0.2) is 0 Å². The Bertz CT molecular complexity index is 858. The number of rotatable bonds is 2. The summed E-state index contributed by atoms with van der Waals surface area (Å²) in [6, 6.07) is 12.0. The van der Waals surface area contributed by atoms with Crippen molar-refractivity contribution < 1.29 is 9.53 Å². The predicted molar refractivity (Wildman–Crippen MR) is 87.7 cm³/mol. The second kappa shape index (κ2) is 5.37. The number of nitrogens with zero attached hydrogens (tertiary/aromatic N) is 2. The number of fused-ring (bicyclic) bond motifs is 3. The summed E-state index contributed by atoms with van der Waals surface area (Å²) in [5.74, 6) is 0.379. The first-order valence-corrected chi connectivity index (χ1v) is 8.81. The van der Waals surface area contributed by atoms with Crippen LogP contribution in [0.1, 0.15) is 23.5 Å². The lowest BCUT2D eigenvalue weighted by Gasteiger charge is -2.25. The van der Waals surface area contributed by atoms with Crippen LogP contribution < -0.4 is 4.74 Å². The highest BCUT2D eigenvalue weighted by Gasteiger charge is 2.31. The van der Waals surface area contributed by atoms with Gasteiger partial charge in [-0.3, -0.25) is 4.79 Å². The van der Waals surface area contributed by atoms with E-state index in [9.17, 15) is 4.79 Å². The lowest BCUT2D eigenvalue weighted by Crippen LogP contribution is -2.21. The minimum atomic E-state index is -0.200. The SMILES string of the molecule is CSc1ccc([C@@H]2CC(=O)Oc3ccc4nsnc4c32)cc1. The lowest BCUT2D eigenvalue weighted by molar-refractivity contribution is -0.135. The molecule has 0 N–H and O–H groups in total. The lowest BCUT2D eigenvalue weighted by atomic mass is 9.85. The first-order valence-electron chi connectivity index (χ1n) is 6.86. The van der Waals surface area contributed by atoms with Gasteiger partial charge in [-0.1, -0.05) is 12.1 Å². The van der Waals surface area contributed by atoms with Gasteiger partial charge < -0.3 is 4.74 Å². The van der Waals surface area contributed by atoms with E-state index in [1.165, 1.54) is 16.6 Å². The van der Waals surface area contributed by atoms with Crippen LogP contribution in [-0.4, -0.2) is 21.0 Å². The standard InChI is InChI=1S/C16H12N2O2S2/c1-21-10-4-2-9(3-5-10)11-8-14(19)20-13-7-6-12-16(15(11)13)18-22-17-12/h2-7,11H,8H2,1H3/t11-/m0/s1. The number of aromatic nitrogens is 2. The quantitative estimate of drug-likeness (QED) is 0.406. The second-order valence-electron chi connectivity index (χ2n) is 5.11. The van der Waals surface area contributed by atoms with Gasteiger partial charge in [-0.2, -0.15) is 8.75 Å². The third-order valence-electron chi connectivity index (χ3n) is 3.89. The van der Waals surface area contributed by atoms with Crippen LogP contribution in [0.5, 0.6) is 5.75 Å². The number of hydrogen-bond acceptors (Lipinski definition) is 6. The van der Waals surface area contributed by atoms with Crippen LogP contribution in [0.15, 0.2) is 41.3 Å². The van der Waals surface area contributed by atoms with Crippen molar-refractivity contribution in [3.63, 3.8) is 0 Å². The number of hydrogen-bond donors (Lipinski definition) is 0. The van der Waals surface area contributed by atoms with Crippen LogP contribution in [0.25, 0.3) is 11.0 Å². The first-order chi connectivity index (χ1) is 10.8. The molecule has 0 radical (unpaired) electrons. The predicted octanol–water partition coefficient (Wildman–Crippen LogP) is 3.85. The number of carbonyl (C=O) groups is 1. The molecule has 6 heteroatoms. The Balaban J connectivity index is 1.89. The molecule has 2 heterocycles. The van der Waals surface area contributed by atoms with E-state index in [0.717, 1.165) is 22.2 Å². The van der Waals surface area contributed by atoms with Crippen molar-refractivity contribution in [3.8, 4) is 5.75 Å². The van der Waals surface area contributed by atoms with E-state index in [1.54, 1.807) is 11.8 Å². The molecule has 0 amide bonds. The minimum Gasteiger partial charge on any atom is -0.426 e. The third kappa shape index (κ3) is 2.19. The molecule has 0 bridgehead atoms. The molecule has 0 saturated carbocycles. The van der Waals surface area contributed by atoms with E-state index in [4.69, 9.17) is 4.74 Å². The number of benzene rings is 2. The molecule has 4 nitrogen and oxygen atoms in total. The average molecular weight is 328 g/mol. The third-order valence-corrected chi connectivity index (χ3v) is 5.17. The van der Waals surface area contributed by atoms with Crippen LogP contribution in [0.4, 0.5) is 0 Å². The molecule has 0 spiro atoms. The Labute approximate surface area is 135 Å². The van der Waals surface area contributed by atoms with Crippen molar-refractivity contribution in [3.05, 3.63) is 47.5 Å². The fourth-order valence-corrected chi connectivity index (χ4v) is 3.79. The van der Waals surface area contributed by atoms with Crippen LogP contribution in [0, 0.1) is 0 Å². The molecular formula is C16H12N2O2S2. The highest BCUT2D eigenvalue weighted by atomic mass is 32.2. The van der Waals surface area contributed by atoms with Crippen LogP contribution >= 0.6 is 23.5 Å². The first kappa shape index (κ1) is 13.7. The van der Waals surface area contributed by atoms with Gasteiger partial charge in [0.05, 0.1) is 18.1 Å². The molecule has 110 valence electrons. The molecule has 1 aromatic heterocycles. The number of thioether (sulfide) groups is 1. The highest BCUT2D eigenvalue weighted by Crippen LogP contribution is 2.42. The molecule has 1 aliphatic heterocycles. The zero-order valence-corrected chi connectivity index (χ0v) is 13.4. The summed E-state index contributed by atoms with van der Waals surface area (Å²) in [7, 11) is 0. The van der Waals surface area contributed by atoms with Gasteiger partial charge in [-0.25, -0.2) is 0 Å². The Kier molecular flexibility index (Phi) is 3.35. The maximum absolute atomic E-state index is 11.9. The number of esters is 1. The molecule has 3 aromatic rings. The Morgan fingerprint density at radius 2 is 2.00 bits per heavy atom. The monoisotopic (exact) mass is 328 g/mol. The Morgan fingerprint density at radius 1 is 1.18 bits per heavy atom. The van der Waals surface area contributed by atoms with Crippen molar-refractivity contribution >= 4 is 40.5 Å². The number of carbonyl (C=O) groups excluding carboxylic acids is 1. The highest BCUT2D eigenvalue weighted by molar-refractivity contribution is 7.98. The van der Waals surface area contributed by atoms with Crippen molar-refractivity contribution in [1.82, 2.24) is 8.75 Å². The maximum atomic E-state index is 11.9. The number of ether oxygens (including phenoxy) is 1. The molecule has 4 rings (SSSR count). The van der Waals surface area contributed by atoms with Gasteiger partial charge in [-0.15, -0.1) is 11.8 Å². The summed E-state index contributed by atoms with van der Waals surface area (Å²) in [5, 5.41) is 0. The van der Waals surface area contributed by atoms with Crippen molar-refractivity contribution in [1.29, 1.82) is 0 Å². The normalized spacial score (nSPS) is 17.3. The second-order valence-corrected chi connectivity index (χ2v) is 6.52. The molecule has 1 aliphatic rings. The topological polar surface area (TPSA) is 52.1 Å². The molecule has 0 saturated heterocycles. The molecular weight excluding hydrogens is 316 g/mol. The van der Waals surface area contributed by atoms with Crippen molar-refractivity contribution in [2.75, 3.05) is 6.26 Å². The molecule has 2 aromatic carbocycles. The van der Waals surface area contributed by atoms with Gasteiger partial charge in [-0.05, 0) is 36.1 Å². The van der Waals surface area contributed by atoms with E-state index in [0.29, 0.717) is 12.2 Å². The molecule has 0 fully saturated rings. The fourth-order valence-electron chi connectivity index (χ4n) is 2.83. The summed E-state index contributed by atoms with van der Waals surface area (Å²) in [6.45, 7) is 0. The largest absolute Gasteiger partial charge is 0.426 e. The fraction of sp³-hybridized carbons (Fsp3) is 0.188. The van der Waals surface area contributed by atoms with Gasteiger partial charge >= 0.3 is 5.97 Å². The molecule has 0 aliphatic carbocycles. The summed E-state index contributed by atoms with van der Waals surface area (Å²) < 4.78 is 14.1. The summed E-state index contributed by atoms with van der Waals surface area (Å²) in [6.07, 6.45) is 2.38. The van der Waals surface area contributed by atoms with Crippen molar-refractivity contribution in [2.45, 2.75) is 17.2 Å². The van der Waals surface area contributed by atoms with Gasteiger partial charge in [0, 0.05) is 16.4 Å². The van der Waals surface area contributed by atoms with Crippen molar-refractivity contribution in [2.24, 2.45) is 0 Å². The van der Waals surface area contributed by atoms with E-state index in [-0.39, 0.29) is 11.9 Å². The van der Waals surface area contributed by atoms with Gasteiger partial charge in [0.1, 0.15) is 16.8 Å². The van der Waals surface area contributed by atoms with Crippen LogP contribution in [-0.2, 0) is 4.79 Å². The van der Waals surface area contributed by atoms with E-state index >= 15 is 0 Å². The zero-order valence-electron chi connectivity index (χ0n) is 11.8. The minimum absolute atomic E-state index is 0.0280.